The maximum Gasteiger partial charge on any atom is 0.204 e. The zero-order valence-corrected chi connectivity index (χ0v) is 30.4. The third-order valence-electron chi connectivity index (χ3n) is 10.7. The first-order valence-corrected chi connectivity index (χ1v) is 18.1. The molecule has 1 N–H and O–H groups in total. The molecule has 2 fully saturated rings. The molecule has 10 heteroatoms. The normalized spacial score (nSPS) is 19.6. The van der Waals surface area contributed by atoms with Crippen LogP contribution in [0, 0.1) is 11.2 Å². The minimum atomic E-state index is -0.187. The SMILES string of the molecule is CCOCCn1c(NC2CCN(C(C)CC3(Cc4ccc(F)cc4)CCN(Cc4cc(OC)c(OC)c(OC)c4)C3)CC2)nc2ccccc21. The van der Waals surface area contributed by atoms with Gasteiger partial charge in [0.15, 0.2) is 11.5 Å². The van der Waals surface area contributed by atoms with E-state index in [9.17, 15) is 4.39 Å². The van der Waals surface area contributed by atoms with Crippen LogP contribution in [0.25, 0.3) is 11.0 Å². The first-order valence-electron chi connectivity index (χ1n) is 18.1. The van der Waals surface area contributed by atoms with E-state index >= 15 is 0 Å². The molecule has 2 saturated heterocycles. The van der Waals surface area contributed by atoms with Crippen LogP contribution < -0.4 is 19.5 Å². The van der Waals surface area contributed by atoms with Crippen LogP contribution in [0.5, 0.6) is 17.2 Å². The molecule has 0 spiro atoms. The molecule has 2 aliphatic heterocycles. The number of anilines is 1. The van der Waals surface area contributed by atoms with Crippen LogP contribution in [-0.4, -0.2) is 92.2 Å². The molecule has 50 heavy (non-hydrogen) atoms. The van der Waals surface area contributed by atoms with Gasteiger partial charge in [0, 0.05) is 51.4 Å². The van der Waals surface area contributed by atoms with Crippen LogP contribution in [0.15, 0.2) is 60.7 Å². The van der Waals surface area contributed by atoms with Gasteiger partial charge in [-0.15, -0.1) is 0 Å². The van der Waals surface area contributed by atoms with Crippen molar-refractivity contribution in [2.45, 2.75) is 71.1 Å². The molecule has 2 unspecified atom stereocenters. The lowest BCUT2D eigenvalue weighted by molar-refractivity contribution is 0.112. The van der Waals surface area contributed by atoms with E-state index in [1.165, 1.54) is 5.56 Å². The monoisotopic (exact) mass is 687 g/mol. The number of benzene rings is 3. The lowest BCUT2D eigenvalue weighted by Gasteiger charge is -2.41. The van der Waals surface area contributed by atoms with Gasteiger partial charge in [-0.3, -0.25) is 4.90 Å². The quantitative estimate of drug-likeness (QED) is 0.126. The molecule has 0 aliphatic carbocycles. The number of hydrogen-bond donors (Lipinski definition) is 1. The maximum absolute atomic E-state index is 13.9. The molecular weight excluding hydrogens is 633 g/mol. The molecule has 9 nitrogen and oxygen atoms in total. The van der Waals surface area contributed by atoms with Gasteiger partial charge in [0.25, 0.3) is 0 Å². The predicted octanol–water partition coefficient (Wildman–Crippen LogP) is 7.03. The minimum Gasteiger partial charge on any atom is -0.493 e. The Bertz CT molecular complexity index is 1660. The molecule has 0 bridgehead atoms. The highest BCUT2D eigenvalue weighted by Gasteiger charge is 2.40. The Morgan fingerprint density at radius 2 is 1.66 bits per heavy atom. The number of ether oxygens (including phenoxy) is 4. The molecule has 2 atom stereocenters. The number of hydrogen-bond acceptors (Lipinski definition) is 8. The molecule has 0 radical (unpaired) electrons. The van der Waals surface area contributed by atoms with E-state index < -0.39 is 0 Å². The van der Waals surface area contributed by atoms with Crippen LogP contribution >= 0.6 is 0 Å². The standard InChI is InChI=1S/C40H54FN5O4/c1-6-50-22-21-46-35-10-8-7-9-34(35)43-39(46)42-33-15-18-45(19-16-33)29(2)25-40(26-30-11-13-32(41)14-12-30)17-20-44(28-40)27-31-23-36(47-3)38(49-5)37(24-31)48-4/h7-14,23-24,29,33H,6,15-22,25-28H2,1-5H3,(H,42,43). The second kappa shape index (κ2) is 16.4. The third kappa shape index (κ3) is 8.36. The van der Waals surface area contributed by atoms with Gasteiger partial charge in [0.2, 0.25) is 11.7 Å². The molecule has 1 aromatic heterocycles. The highest BCUT2D eigenvalue weighted by atomic mass is 19.1. The lowest BCUT2D eigenvalue weighted by atomic mass is 9.75. The Morgan fingerprint density at radius 3 is 2.34 bits per heavy atom. The number of aromatic nitrogens is 2. The number of piperidine rings is 1. The Kier molecular flexibility index (Phi) is 11.8. The predicted molar refractivity (Wildman–Crippen MR) is 197 cm³/mol. The number of nitrogens with one attached hydrogen (secondary N) is 1. The van der Waals surface area contributed by atoms with Gasteiger partial charge in [0.05, 0.1) is 39.0 Å². The summed E-state index contributed by atoms with van der Waals surface area (Å²) in [5.41, 5.74) is 4.57. The van der Waals surface area contributed by atoms with Crippen molar-refractivity contribution < 1.29 is 23.3 Å². The van der Waals surface area contributed by atoms with Crippen molar-refractivity contribution >= 4 is 17.0 Å². The van der Waals surface area contributed by atoms with Crippen molar-refractivity contribution in [2.75, 3.05) is 66.0 Å². The molecule has 2 aliphatic rings. The molecule has 6 rings (SSSR count). The fourth-order valence-corrected chi connectivity index (χ4v) is 8.20. The van der Waals surface area contributed by atoms with Gasteiger partial charge < -0.3 is 33.7 Å². The fraction of sp³-hybridized carbons (Fsp3) is 0.525. The number of methoxy groups -OCH3 is 3. The lowest BCUT2D eigenvalue weighted by Crippen LogP contribution is -2.46. The molecule has 3 heterocycles. The number of rotatable bonds is 16. The van der Waals surface area contributed by atoms with E-state index in [1.54, 1.807) is 33.5 Å². The summed E-state index contributed by atoms with van der Waals surface area (Å²) in [6.45, 7) is 11.4. The highest BCUT2D eigenvalue weighted by molar-refractivity contribution is 5.78. The summed E-state index contributed by atoms with van der Waals surface area (Å²) in [6.07, 6.45) is 5.24. The van der Waals surface area contributed by atoms with Gasteiger partial charge in [-0.05, 0) is 105 Å². The second-order valence-electron chi connectivity index (χ2n) is 14.1. The number of nitrogens with zero attached hydrogens (tertiary/aromatic N) is 4. The molecule has 0 amide bonds. The minimum absolute atomic E-state index is 0.0818. The molecule has 3 aromatic carbocycles. The third-order valence-corrected chi connectivity index (χ3v) is 10.7. The average molecular weight is 688 g/mol. The Labute approximate surface area is 296 Å². The highest BCUT2D eigenvalue weighted by Crippen LogP contribution is 2.42. The fourth-order valence-electron chi connectivity index (χ4n) is 8.20. The van der Waals surface area contributed by atoms with Crippen LogP contribution in [-0.2, 0) is 24.2 Å². The van der Waals surface area contributed by atoms with E-state index in [4.69, 9.17) is 23.9 Å². The van der Waals surface area contributed by atoms with Crippen molar-refractivity contribution in [3.63, 3.8) is 0 Å². The Morgan fingerprint density at radius 1 is 0.940 bits per heavy atom. The first kappa shape index (κ1) is 35.9. The summed E-state index contributed by atoms with van der Waals surface area (Å²) < 4.78 is 38.7. The number of imidazole rings is 1. The van der Waals surface area contributed by atoms with Crippen molar-refractivity contribution in [3.05, 3.63) is 77.6 Å². The van der Waals surface area contributed by atoms with Gasteiger partial charge in [-0.2, -0.15) is 0 Å². The maximum atomic E-state index is 13.9. The topological polar surface area (TPSA) is 73.3 Å². The van der Waals surface area contributed by atoms with Crippen LogP contribution in [0.2, 0.25) is 0 Å². The van der Waals surface area contributed by atoms with Crippen LogP contribution in [0.3, 0.4) is 0 Å². The Hall–Kier alpha value is -3.86. The van der Waals surface area contributed by atoms with Crippen LogP contribution in [0.1, 0.15) is 50.7 Å². The summed E-state index contributed by atoms with van der Waals surface area (Å²) in [4.78, 5) is 10.2. The number of para-hydroxylation sites is 2. The summed E-state index contributed by atoms with van der Waals surface area (Å²) >= 11 is 0. The van der Waals surface area contributed by atoms with Crippen molar-refractivity contribution in [3.8, 4) is 17.2 Å². The zero-order valence-electron chi connectivity index (χ0n) is 30.4. The number of fused-ring (bicyclic) bond motifs is 1. The summed E-state index contributed by atoms with van der Waals surface area (Å²) in [5.74, 6) is 2.71. The van der Waals surface area contributed by atoms with Gasteiger partial charge in [-0.25, -0.2) is 9.37 Å². The van der Waals surface area contributed by atoms with E-state index in [0.29, 0.717) is 42.5 Å². The summed E-state index contributed by atoms with van der Waals surface area (Å²) in [5, 5.41) is 3.80. The molecule has 0 saturated carbocycles. The Balaban J connectivity index is 1.12. The van der Waals surface area contributed by atoms with Gasteiger partial charge in [0.1, 0.15) is 5.82 Å². The summed E-state index contributed by atoms with van der Waals surface area (Å²) in [7, 11) is 4.95. The van der Waals surface area contributed by atoms with E-state index in [-0.39, 0.29) is 11.2 Å². The van der Waals surface area contributed by atoms with Crippen molar-refractivity contribution in [2.24, 2.45) is 5.41 Å². The van der Waals surface area contributed by atoms with Crippen LogP contribution in [0.4, 0.5) is 10.3 Å². The molecular formula is C40H54FN5O4. The average Bonchev–Trinajstić information content (AvgIpc) is 3.68. The second-order valence-corrected chi connectivity index (χ2v) is 14.1. The largest absolute Gasteiger partial charge is 0.493 e. The van der Waals surface area contributed by atoms with Gasteiger partial charge in [-0.1, -0.05) is 24.3 Å². The molecule has 4 aromatic rings. The number of likely N-dealkylation sites (tertiary alicyclic amines) is 2. The number of halogens is 1. The zero-order chi connectivity index (χ0) is 35.1. The van der Waals surface area contributed by atoms with E-state index in [0.717, 1.165) is 93.9 Å². The first-order chi connectivity index (χ1) is 24.3. The smallest absolute Gasteiger partial charge is 0.204 e. The molecule has 270 valence electrons. The van der Waals surface area contributed by atoms with Crippen molar-refractivity contribution in [1.82, 2.24) is 19.4 Å². The van der Waals surface area contributed by atoms with E-state index in [2.05, 4.69) is 56.9 Å². The van der Waals surface area contributed by atoms with Crippen molar-refractivity contribution in [1.29, 1.82) is 0 Å². The van der Waals surface area contributed by atoms with Gasteiger partial charge >= 0.3 is 0 Å². The summed E-state index contributed by atoms with van der Waals surface area (Å²) in [6, 6.07) is 20.4. The van der Waals surface area contributed by atoms with E-state index in [1.807, 2.05) is 25.1 Å².